The average Bonchev–Trinajstić information content (AvgIpc) is 3.27. The molecular formula is C14H16N4O2. The Labute approximate surface area is 116 Å². The van der Waals surface area contributed by atoms with E-state index in [0.717, 1.165) is 29.8 Å². The van der Waals surface area contributed by atoms with Crippen LogP contribution in [0.4, 0.5) is 11.5 Å². The molecule has 2 aromatic rings. The maximum absolute atomic E-state index is 10.7. The van der Waals surface area contributed by atoms with E-state index in [4.69, 9.17) is 0 Å². The number of nitrogens with one attached hydrogen (secondary N) is 2. The zero-order valence-corrected chi connectivity index (χ0v) is 11.0. The van der Waals surface area contributed by atoms with Crippen molar-refractivity contribution in [3.05, 3.63) is 40.4 Å². The van der Waals surface area contributed by atoms with Crippen LogP contribution >= 0.6 is 0 Å². The van der Waals surface area contributed by atoms with E-state index in [1.54, 1.807) is 12.1 Å². The minimum Gasteiger partial charge on any atom is -0.369 e. The number of hydrogen-bond donors (Lipinski definition) is 2. The fourth-order valence-electron chi connectivity index (χ4n) is 2.08. The smallest absolute Gasteiger partial charge is 0.270 e. The summed E-state index contributed by atoms with van der Waals surface area (Å²) in [5.41, 5.74) is 0.851. The van der Waals surface area contributed by atoms with Gasteiger partial charge in [-0.05, 0) is 31.0 Å². The molecule has 1 fully saturated rings. The number of hydrogen-bond acceptors (Lipinski definition) is 5. The minimum absolute atomic E-state index is 0.0913. The summed E-state index contributed by atoms with van der Waals surface area (Å²) in [6.07, 6.45) is 2.57. The molecule has 0 bridgehead atoms. The molecule has 6 nitrogen and oxygen atoms in total. The second-order valence-electron chi connectivity index (χ2n) is 4.99. The highest BCUT2D eigenvalue weighted by Gasteiger charge is 2.19. The van der Waals surface area contributed by atoms with Crippen LogP contribution in [-0.2, 0) is 0 Å². The first-order valence-corrected chi connectivity index (χ1v) is 6.75. The van der Waals surface area contributed by atoms with Gasteiger partial charge in [0, 0.05) is 36.7 Å². The van der Waals surface area contributed by atoms with Crippen molar-refractivity contribution in [2.24, 2.45) is 0 Å². The Bertz CT molecular complexity index is 640. The third kappa shape index (κ3) is 3.03. The van der Waals surface area contributed by atoms with Crippen LogP contribution in [0, 0.1) is 10.1 Å². The van der Waals surface area contributed by atoms with Crippen LogP contribution in [0.5, 0.6) is 0 Å². The summed E-state index contributed by atoms with van der Waals surface area (Å²) in [6, 6.07) is 9.12. The first-order chi connectivity index (χ1) is 9.72. The van der Waals surface area contributed by atoms with E-state index < -0.39 is 4.92 Å². The van der Waals surface area contributed by atoms with E-state index in [1.165, 1.54) is 18.9 Å². The molecule has 6 heteroatoms. The fraction of sp³-hybridized carbons (Fsp3) is 0.357. The average molecular weight is 272 g/mol. The summed E-state index contributed by atoms with van der Waals surface area (Å²) < 4.78 is 0. The molecule has 0 amide bonds. The molecule has 1 aromatic heterocycles. The first-order valence-electron chi connectivity index (χ1n) is 6.75. The van der Waals surface area contributed by atoms with Gasteiger partial charge in [-0.25, -0.2) is 4.98 Å². The SMILES string of the molecule is O=[N+]([O-])c1ccc2nc(NCCNC3CC3)ccc2c1. The van der Waals surface area contributed by atoms with E-state index in [1.807, 2.05) is 12.1 Å². The number of non-ortho nitro benzene ring substituents is 1. The number of pyridine rings is 1. The molecule has 20 heavy (non-hydrogen) atoms. The van der Waals surface area contributed by atoms with Crippen molar-refractivity contribution in [2.75, 3.05) is 18.4 Å². The molecule has 1 aromatic carbocycles. The molecule has 0 unspecified atom stereocenters. The van der Waals surface area contributed by atoms with Gasteiger partial charge in [-0.2, -0.15) is 0 Å². The van der Waals surface area contributed by atoms with Crippen molar-refractivity contribution in [2.45, 2.75) is 18.9 Å². The van der Waals surface area contributed by atoms with Gasteiger partial charge >= 0.3 is 0 Å². The van der Waals surface area contributed by atoms with Gasteiger partial charge in [0.15, 0.2) is 0 Å². The molecular weight excluding hydrogens is 256 g/mol. The molecule has 1 heterocycles. The summed E-state index contributed by atoms with van der Waals surface area (Å²) in [5.74, 6) is 0.795. The largest absolute Gasteiger partial charge is 0.369 e. The second-order valence-corrected chi connectivity index (χ2v) is 4.99. The Morgan fingerprint density at radius 3 is 2.85 bits per heavy atom. The van der Waals surface area contributed by atoms with Gasteiger partial charge in [0.25, 0.3) is 5.69 Å². The number of fused-ring (bicyclic) bond motifs is 1. The third-order valence-corrected chi connectivity index (χ3v) is 3.33. The lowest BCUT2D eigenvalue weighted by Crippen LogP contribution is -2.24. The summed E-state index contributed by atoms with van der Waals surface area (Å²) in [6.45, 7) is 1.74. The molecule has 1 saturated carbocycles. The van der Waals surface area contributed by atoms with Crippen LogP contribution in [0.3, 0.4) is 0 Å². The maximum atomic E-state index is 10.7. The molecule has 1 aliphatic rings. The standard InChI is InChI=1S/C14H16N4O2/c19-18(20)12-4-5-13-10(9-12)1-6-14(17-13)16-8-7-15-11-2-3-11/h1,4-6,9,11,15H,2-3,7-8H2,(H,16,17). The molecule has 0 aliphatic heterocycles. The molecule has 104 valence electrons. The van der Waals surface area contributed by atoms with Crippen molar-refractivity contribution in [3.8, 4) is 0 Å². The van der Waals surface area contributed by atoms with E-state index in [-0.39, 0.29) is 5.69 Å². The third-order valence-electron chi connectivity index (χ3n) is 3.33. The highest BCUT2D eigenvalue weighted by Crippen LogP contribution is 2.21. The summed E-state index contributed by atoms with van der Waals surface area (Å²) in [5, 5.41) is 18.2. The number of nitro groups is 1. The molecule has 0 spiro atoms. The van der Waals surface area contributed by atoms with Gasteiger partial charge in [-0.3, -0.25) is 10.1 Å². The number of benzene rings is 1. The Morgan fingerprint density at radius 2 is 2.10 bits per heavy atom. The highest BCUT2D eigenvalue weighted by atomic mass is 16.6. The van der Waals surface area contributed by atoms with Crippen molar-refractivity contribution in [1.82, 2.24) is 10.3 Å². The lowest BCUT2D eigenvalue weighted by Gasteiger charge is -2.07. The molecule has 1 aliphatic carbocycles. The van der Waals surface area contributed by atoms with Gasteiger partial charge in [0.2, 0.25) is 0 Å². The minimum atomic E-state index is -0.394. The topological polar surface area (TPSA) is 80.1 Å². The quantitative estimate of drug-likeness (QED) is 0.479. The van der Waals surface area contributed by atoms with E-state index in [0.29, 0.717) is 6.04 Å². The monoisotopic (exact) mass is 272 g/mol. The van der Waals surface area contributed by atoms with Gasteiger partial charge in [0.05, 0.1) is 10.4 Å². The van der Waals surface area contributed by atoms with Crippen LogP contribution in [0.15, 0.2) is 30.3 Å². The number of nitro benzene ring substituents is 1. The number of rotatable bonds is 6. The van der Waals surface area contributed by atoms with Gasteiger partial charge < -0.3 is 10.6 Å². The van der Waals surface area contributed by atoms with Gasteiger partial charge in [0.1, 0.15) is 5.82 Å². The van der Waals surface area contributed by atoms with Crippen LogP contribution in [0.1, 0.15) is 12.8 Å². The van der Waals surface area contributed by atoms with Crippen molar-refractivity contribution >= 4 is 22.4 Å². The highest BCUT2D eigenvalue weighted by molar-refractivity contribution is 5.82. The molecule has 0 atom stereocenters. The first kappa shape index (κ1) is 12.8. The zero-order valence-electron chi connectivity index (χ0n) is 11.0. The lowest BCUT2D eigenvalue weighted by molar-refractivity contribution is -0.384. The summed E-state index contributed by atoms with van der Waals surface area (Å²) in [4.78, 5) is 14.8. The Morgan fingerprint density at radius 1 is 1.25 bits per heavy atom. The zero-order chi connectivity index (χ0) is 13.9. The predicted molar refractivity (Wildman–Crippen MR) is 77.9 cm³/mol. The van der Waals surface area contributed by atoms with Crippen LogP contribution in [0.2, 0.25) is 0 Å². The van der Waals surface area contributed by atoms with Crippen molar-refractivity contribution in [3.63, 3.8) is 0 Å². The summed E-state index contributed by atoms with van der Waals surface area (Å²) in [7, 11) is 0. The molecule has 0 saturated heterocycles. The van der Waals surface area contributed by atoms with Gasteiger partial charge in [-0.15, -0.1) is 0 Å². The molecule has 3 rings (SSSR count). The fourth-order valence-corrected chi connectivity index (χ4v) is 2.08. The predicted octanol–water partition coefficient (Wildman–Crippen LogP) is 2.31. The van der Waals surface area contributed by atoms with Crippen LogP contribution in [0.25, 0.3) is 10.9 Å². The number of anilines is 1. The van der Waals surface area contributed by atoms with Crippen molar-refractivity contribution in [1.29, 1.82) is 0 Å². The number of nitrogens with zero attached hydrogens (tertiary/aromatic N) is 2. The summed E-state index contributed by atoms with van der Waals surface area (Å²) >= 11 is 0. The second kappa shape index (κ2) is 5.42. The van der Waals surface area contributed by atoms with Crippen molar-refractivity contribution < 1.29 is 4.92 Å². The Hall–Kier alpha value is -2.21. The van der Waals surface area contributed by atoms with E-state index in [9.17, 15) is 10.1 Å². The normalized spacial score (nSPS) is 14.4. The Kier molecular flexibility index (Phi) is 3.47. The maximum Gasteiger partial charge on any atom is 0.270 e. The van der Waals surface area contributed by atoms with E-state index in [2.05, 4.69) is 15.6 Å². The van der Waals surface area contributed by atoms with Crippen LogP contribution in [-0.4, -0.2) is 29.0 Å². The molecule has 2 N–H and O–H groups in total. The van der Waals surface area contributed by atoms with Crippen LogP contribution < -0.4 is 10.6 Å². The lowest BCUT2D eigenvalue weighted by atomic mass is 10.2. The van der Waals surface area contributed by atoms with Gasteiger partial charge in [-0.1, -0.05) is 0 Å². The number of aromatic nitrogens is 1. The van der Waals surface area contributed by atoms with E-state index >= 15 is 0 Å². The molecule has 0 radical (unpaired) electrons. The Balaban J connectivity index is 1.66.